The summed E-state index contributed by atoms with van der Waals surface area (Å²) in [4.78, 5) is 33.4. The summed E-state index contributed by atoms with van der Waals surface area (Å²) in [5.41, 5.74) is 0.698. The Bertz CT molecular complexity index is 513. The number of hydrogen-bond acceptors (Lipinski definition) is 4. The Kier molecular flexibility index (Phi) is 4.87. The second-order valence-electron chi connectivity index (χ2n) is 3.69. The number of nitrogens with one attached hydrogen (secondary N) is 2. The third-order valence-electron chi connectivity index (χ3n) is 2.36. The Labute approximate surface area is 109 Å². The van der Waals surface area contributed by atoms with Crippen LogP contribution in [-0.4, -0.2) is 36.7 Å². The average molecular weight is 266 g/mol. The van der Waals surface area contributed by atoms with Crippen molar-refractivity contribution in [2.24, 2.45) is 0 Å². The van der Waals surface area contributed by atoms with Crippen molar-refractivity contribution in [3.63, 3.8) is 0 Å². The Morgan fingerprint density at radius 1 is 1.32 bits per heavy atom. The number of carbonyl (C=O) groups is 3. The number of benzene rings is 1. The van der Waals surface area contributed by atoms with Crippen LogP contribution in [0.3, 0.4) is 0 Å². The van der Waals surface area contributed by atoms with E-state index < -0.39 is 18.0 Å². The second kappa shape index (κ2) is 6.39. The minimum Gasteiger partial charge on any atom is -0.478 e. The maximum absolute atomic E-state index is 11.5. The molecule has 102 valence electrons. The molecule has 0 atom stereocenters. The summed E-state index contributed by atoms with van der Waals surface area (Å²) >= 11 is 0. The lowest BCUT2D eigenvalue weighted by Gasteiger charge is -2.11. The van der Waals surface area contributed by atoms with Gasteiger partial charge < -0.3 is 20.5 Å². The van der Waals surface area contributed by atoms with E-state index in [-0.39, 0.29) is 17.8 Å². The molecule has 7 nitrogen and oxygen atoms in total. The quantitative estimate of drug-likeness (QED) is 0.705. The Morgan fingerprint density at radius 2 is 2.00 bits per heavy atom. The molecule has 0 fully saturated rings. The molecule has 0 saturated carbocycles. The molecule has 0 aliphatic rings. The van der Waals surface area contributed by atoms with E-state index in [0.717, 1.165) is 0 Å². The van der Waals surface area contributed by atoms with Gasteiger partial charge in [-0.1, -0.05) is 12.1 Å². The average Bonchev–Trinajstić information content (AvgIpc) is 2.35. The SMILES string of the molecule is COC(=O)CNC(=O)Nc1cccc(C)c1C(=O)O. The number of aromatic carboxylic acids is 1. The third kappa shape index (κ3) is 3.98. The Morgan fingerprint density at radius 3 is 2.58 bits per heavy atom. The van der Waals surface area contributed by atoms with E-state index in [4.69, 9.17) is 5.11 Å². The first-order valence-electron chi connectivity index (χ1n) is 5.40. The minimum absolute atomic E-state index is 0.00992. The molecule has 0 heterocycles. The first-order chi connectivity index (χ1) is 8.95. The number of aryl methyl sites for hydroxylation is 1. The molecule has 3 N–H and O–H groups in total. The molecule has 1 aromatic carbocycles. The predicted octanol–water partition coefficient (Wildman–Crippen LogP) is 0.988. The molecular formula is C12H14N2O5. The number of rotatable bonds is 4. The van der Waals surface area contributed by atoms with E-state index >= 15 is 0 Å². The van der Waals surface area contributed by atoms with E-state index in [1.54, 1.807) is 19.1 Å². The molecule has 0 saturated heterocycles. The minimum atomic E-state index is -1.14. The number of esters is 1. The lowest BCUT2D eigenvalue weighted by Crippen LogP contribution is -2.34. The van der Waals surface area contributed by atoms with Crippen LogP contribution < -0.4 is 10.6 Å². The van der Waals surface area contributed by atoms with Gasteiger partial charge in [-0.15, -0.1) is 0 Å². The van der Waals surface area contributed by atoms with Crippen molar-refractivity contribution in [2.45, 2.75) is 6.92 Å². The standard InChI is InChI=1S/C12H14N2O5/c1-7-4-3-5-8(10(7)11(16)17)14-12(18)13-6-9(15)19-2/h3-5H,6H2,1-2H3,(H,16,17)(H2,13,14,18). The van der Waals surface area contributed by atoms with Gasteiger partial charge in [-0.25, -0.2) is 9.59 Å². The van der Waals surface area contributed by atoms with E-state index in [1.807, 2.05) is 0 Å². The summed E-state index contributed by atoms with van der Waals surface area (Å²) in [6.07, 6.45) is 0. The van der Waals surface area contributed by atoms with Crippen molar-refractivity contribution in [2.75, 3.05) is 19.0 Å². The molecule has 2 amide bonds. The molecule has 7 heteroatoms. The zero-order valence-corrected chi connectivity index (χ0v) is 10.5. The molecule has 19 heavy (non-hydrogen) atoms. The van der Waals surface area contributed by atoms with E-state index in [9.17, 15) is 14.4 Å². The van der Waals surface area contributed by atoms with Crippen LogP contribution in [0.2, 0.25) is 0 Å². The van der Waals surface area contributed by atoms with Gasteiger partial charge in [0.1, 0.15) is 6.54 Å². The smallest absolute Gasteiger partial charge is 0.338 e. The highest BCUT2D eigenvalue weighted by Crippen LogP contribution is 2.19. The fraction of sp³-hybridized carbons (Fsp3) is 0.250. The van der Waals surface area contributed by atoms with Gasteiger partial charge in [-0.3, -0.25) is 4.79 Å². The van der Waals surface area contributed by atoms with Crippen LogP contribution in [0.15, 0.2) is 18.2 Å². The van der Waals surface area contributed by atoms with Crippen LogP contribution in [0.4, 0.5) is 10.5 Å². The molecule has 0 spiro atoms. The van der Waals surface area contributed by atoms with E-state index in [1.165, 1.54) is 13.2 Å². The maximum atomic E-state index is 11.5. The number of amides is 2. The summed E-state index contributed by atoms with van der Waals surface area (Å²) < 4.78 is 4.36. The van der Waals surface area contributed by atoms with Gasteiger partial charge in [0.15, 0.2) is 0 Å². The monoisotopic (exact) mass is 266 g/mol. The normalized spacial score (nSPS) is 9.58. The fourth-order valence-electron chi connectivity index (χ4n) is 1.45. The van der Waals surface area contributed by atoms with Crippen LogP contribution in [0.5, 0.6) is 0 Å². The van der Waals surface area contributed by atoms with Gasteiger partial charge in [0.05, 0.1) is 18.4 Å². The summed E-state index contributed by atoms with van der Waals surface area (Å²) in [6.45, 7) is 1.33. The topological polar surface area (TPSA) is 105 Å². The van der Waals surface area contributed by atoms with Gasteiger partial charge in [-0.2, -0.15) is 0 Å². The van der Waals surface area contributed by atoms with Crippen molar-refractivity contribution in [3.8, 4) is 0 Å². The van der Waals surface area contributed by atoms with E-state index in [2.05, 4.69) is 15.4 Å². The van der Waals surface area contributed by atoms with Crippen LogP contribution in [-0.2, 0) is 9.53 Å². The van der Waals surface area contributed by atoms with Crippen LogP contribution >= 0.6 is 0 Å². The highest BCUT2D eigenvalue weighted by Gasteiger charge is 2.15. The summed E-state index contributed by atoms with van der Waals surface area (Å²) in [6, 6.07) is 4.03. The second-order valence-corrected chi connectivity index (χ2v) is 3.69. The molecule has 0 unspecified atom stereocenters. The summed E-state index contributed by atoms with van der Waals surface area (Å²) in [5.74, 6) is -1.74. The molecule has 0 radical (unpaired) electrons. The summed E-state index contributed by atoms with van der Waals surface area (Å²) in [5, 5.41) is 13.7. The van der Waals surface area contributed by atoms with Crippen LogP contribution in [0.1, 0.15) is 15.9 Å². The van der Waals surface area contributed by atoms with Crippen molar-refractivity contribution >= 4 is 23.7 Å². The van der Waals surface area contributed by atoms with Crippen LogP contribution in [0, 0.1) is 6.92 Å². The summed E-state index contributed by atoms with van der Waals surface area (Å²) in [7, 11) is 1.20. The molecule has 0 aliphatic carbocycles. The highest BCUT2D eigenvalue weighted by molar-refractivity contribution is 6.01. The van der Waals surface area contributed by atoms with Crippen LogP contribution in [0.25, 0.3) is 0 Å². The van der Waals surface area contributed by atoms with Gasteiger partial charge in [-0.05, 0) is 18.6 Å². The number of hydrogen-bond donors (Lipinski definition) is 3. The van der Waals surface area contributed by atoms with Gasteiger partial charge in [0.25, 0.3) is 0 Å². The van der Waals surface area contributed by atoms with Crippen molar-refractivity contribution in [3.05, 3.63) is 29.3 Å². The van der Waals surface area contributed by atoms with Crippen molar-refractivity contribution in [1.29, 1.82) is 0 Å². The molecular weight excluding hydrogens is 252 g/mol. The number of ether oxygens (including phenoxy) is 1. The zero-order chi connectivity index (χ0) is 14.4. The van der Waals surface area contributed by atoms with Crippen molar-refractivity contribution in [1.82, 2.24) is 5.32 Å². The number of anilines is 1. The number of urea groups is 1. The molecule has 0 bridgehead atoms. The van der Waals surface area contributed by atoms with Gasteiger partial charge in [0, 0.05) is 0 Å². The lowest BCUT2D eigenvalue weighted by molar-refractivity contribution is -0.139. The first kappa shape index (κ1) is 14.5. The molecule has 1 aromatic rings. The molecule has 1 rings (SSSR count). The highest BCUT2D eigenvalue weighted by atomic mass is 16.5. The lowest BCUT2D eigenvalue weighted by atomic mass is 10.1. The Balaban J connectivity index is 2.77. The number of carbonyl (C=O) groups excluding carboxylic acids is 2. The van der Waals surface area contributed by atoms with Crippen molar-refractivity contribution < 1.29 is 24.2 Å². The number of carboxylic acid groups (broad SMARTS) is 1. The molecule has 0 aliphatic heterocycles. The Hall–Kier alpha value is -2.57. The number of carboxylic acids is 1. The maximum Gasteiger partial charge on any atom is 0.338 e. The van der Waals surface area contributed by atoms with Gasteiger partial charge in [0.2, 0.25) is 0 Å². The first-order valence-corrected chi connectivity index (χ1v) is 5.40. The van der Waals surface area contributed by atoms with Gasteiger partial charge >= 0.3 is 18.0 Å². The molecule has 0 aromatic heterocycles. The predicted molar refractivity (Wildman–Crippen MR) is 67.2 cm³/mol. The largest absolute Gasteiger partial charge is 0.478 e. The fourth-order valence-corrected chi connectivity index (χ4v) is 1.45. The van der Waals surface area contributed by atoms with E-state index in [0.29, 0.717) is 5.56 Å². The zero-order valence-electron chi connectivity index (χ0n) is 10.5. The third-order valence-corrected chi connectivity index (χ3v) is 2.36. The number of methoxy groups -OCH3 is 1.